The summed E-state index contributed by atoms with van der Waals surface area (Å²) in [4.78, 5) is 19.8. The van der Waals surface area contributed by atoms with Crippen molar-refractivity contribution in [3.05, 3.63) is 42.2 Å². The minimum absolute atomic E-state index is 0.0563. The first-order valence-electron chi connectivity index (χ1n) is 6.99. The fraction of sp³-hybridized carbons (Fsp3) is 0.235. The standard InChI is InChI=1S/C11H12N4O.C6H4/c1-4-8-5-6-12-10(13-8)15-9(16)7-11(2,3)14-15;1-2-5-4-6(5)3-1/h1,5-6,14H,7H2,2-3H3;1-4H. The van der Waals surface area contributed by atoms with Crippen LogP contribution in [0, 0.1) is 12.3 Å². The van der Waals surface area contributed by atoms with Crippen molar-refractivity contribution in [1.82, 2.24) is 15.4 Å². The van der Waals surface area contributed by atoms with E-state index in [2.05, 4.69) is 45.6 Å². The van der Waals surface area contributed by atoms with Crippen molar-refractivity contribution in [2.24, 2.45) is 0 Å². The number of hydrazine groups is 1. The largest absolute Gasteiger partial charge is 0.273 e. The predicted molar refractivity (Wildman–Crippen MR) is 84.7 cm³/mol. The molecule has 0 radical (unpaired) electrons. The number of benzene rings is 1. The van der Waals surface area contributed by atoms with Gasteiger partial charge in [0.05, 0.1) is 0 Å². The summed E-state index contributed by atoms with van der Waals surface area (Å²) in [5, 5.41) is 1.35. The molecule has 5 nitrogen and oxygen atoms in total. The number of aromatic nitrogens is 2. The zero-order valence-electron chi connectivity index (χ0n) is 12.5. The zero-order valence-corrected chi connectivity index (χ0v) is 12.5. The van der Waals surface area contributed by atoms with E-state index in [4.69, 9.17) is 6.42 Å². The zero-order chi connectivity index (χ0) is 15.7. The van der Waals surface area contributed by atoms with Crippen molar-refractivity contribution < 1.29 is 4.79 Å². The number of hydrogen-bond donors (Lipinski definition) is 1. The van der Waals surface area contributed by atoms with Gasteiger partial charge in [-0.1, -0.05) is 24.1 Å². The Balaban J connectivity index is 0.000000196. The molecule has 0 aromatic carbocycles. The number of hydrogen-bond acceptors (Lipinski definition) is 4. The number of nitrogens with zero attached hydrogens (tertiary/aromatic N) is 3. The molecule has 0 unspecified atom stereocenters. The third-order valence-corrected chi connectivity index (χ3v) is 3.36. The number of carbonyl (C=O) groups excluding carboxylic acids is 1. The third-order valence-electron chi connectivity index (χ3n) is 3.36. The van der Waals surface area contributed by atoms with E-state index in [9.17, 15) is 4.79 Å². The lowest BCUT2D eigenvalue weighted by atomic mass is 10.0. The first kappa shape index (κ1) is 14.2. The van der Waals surface area contributed by atoms with Crippen LogP contribution in [0.15, 0.2) is 36.5 Å². The predicted octanol–water partition coefficient (Wildman–Crippen LogP) is 2.14. The third kappa shape index (κ3) is 2.97. The van der Waals surface area contributed by atoms with E-state index in [1.165, 1.54) is 22.3 Å². The lowest BCUT2D eigenvalue weighted by Gasteiger charge is -2.19. The molecule has 0 bridgehead atoms. The second-order valence-electron chi connectivity index (χ2n) is 5.87. The van der Waals surface area contributed by atoms with Crippen molar-refractivity contribution in [3.63, 3.8) is 0 Å². The minimum Gasteiger partial charge on any atom is -0.273 e. The average molecular weight is 292 g/mol. The van der Waals surface area contributed by atoms with Crippen LogP contribution in [-0.2, 0) is 4.79 Å². The van der Waals surface area contributed by atoms with Crippen LogP contribution in [0.3, 0.4) is 0 Å². The summed E-state index contributed by atoms with van der Waals surface area (Å²) in [6.07, 6.45) is 7.19. The van der Waals surface area contributed by atoms with Crippen molar-refractivity contribution >= 4 is 11.9 Å². The maximum absolute atomic E-state index is 11.7. The molecule has 4 rings (SSSR count). The monoisotopic (exact) mass is 292 g/mol. The molecule has 2 heterocycles. The Morgan fingerprint density at radius 3 is 2.50 bits per heavy atom. The topological polar surface area (TPSA) is 58.1 Å². The van der Waals surface area contributed by atoms with Gasteiger partial charge in [0.1, 0.15) is 5.69 Å². The van der Waals surface area contributed by atoms with E-state index < -0.39 is 0 Å². The van der Waals surface area contributed by atoms with Crippen LogP contribution in [0.4, 0.5) is 5.95 Å². The lowest BCUT2D eigenvalue weighted by molar-refractivity contribution is -0.117. The maximum Gasteiger partial charge on any atom is 0.248 e. The molecule has 1 aromatic rings. The molecule has 3 aliphatic rings. The average Bonchev–Trinajstić information content (AvgIpc) is 2.98. The van der Waals surface area contributed by atoms with Gasteiger partial charge in [-0.3, -0.25) is 4.79 Å². The molecule has 1 fully saturated rings. The van der Waals surface area contributed by atoms with E-state index in [1.807, 2.05) is 13.8 Å². The highest BCUT2D eigenvalue weighted by atomic mass is 16.2. The molecular formula is C17H16N4O. The molecule has 22 heavy (non-hydrogen) atoms. The van der Waals surface area contributed by atoms with E-state index in [-0.39, 0.29) is 11.4 Å². The second kappa shape index (κ2) is 5.24. The molecule has 110 valence electrons. The summed E-state index contributed by atoms with van der Waals surface area (Å²) >= 11 is 0. The lowest BCUT2D eigenvalue weighted by Crippen LogP contribution is -2.43. The number of anilines is 1. The summed E-state index contributed by atoms with van der Waals surface area (Å²) in [6.45, 7) is 3.88. The van der Waals surface area contributed by atoms with E-state index in [0.29, 0.717) is 18.1 Å². The Bertz CT molecular complexity index is 759. The highest BCUT2D eigenvalue weighted by Crippen LogP contribution is 2.32. The van der Waals surface area contributed by atoms with Crippen molar-refractivity contribution in [2.75, 3.05) is 5.01 Å². The van der Waals surface area contributed by atoms with E-state index in [0.717, 1.165) is 0 Å². The molecule has 1 N–H and O–H groups in total. The van der Waals surface area contributed by atoms with Gasteiger partial charge in [-0.2, -0.15) is 0 Å². The number of terminal acetylenes is 1. The summed E-state index contributed by atoms with van der Waals surface area (Å²) in [6, 6.07) is 10.1. The molecule has 0 spiro atoms. The number of fused-ring (bicyclic) bond motifs is 1. The van der Waals surface area contributed by atoms with Gasteiger partial charge in [0.2, 0.25) is 11.9 Å². The molecule has 1 saturated heterocycles. The molecular weight excluding hydrogens is 276 g/mol. The molecule has 1 aromatic heterocycles. The van der Waals surface area contributed by atoms with Gasteiger partial charge in [-0.25, -0.2) is 20.4 Å². The smallest absolute Gasteiger partial charge is 0.248 e. The maximum atomic E-state index is 11.7. The van der Waals surface area contributed by atoms with Crippen LogP contribution in [0.25, 0.3) is 11.1 Å². The van der Waals surface area contributed by atoms with Crippen LogP contribution in [0.1, 0.15) is 26.0 Å². The number of rotatable bonds is 1. The fourth-order valence-electron chi connectivity index (χ4n) is 2.24. The van der Waals surface area contributed by atoms with Gasteiger partial charge < -0.3 is 0 Å². The summed E-state index contributed by atoms with van der Waals surface area (Å²) < 4.78 is 0. The van der Waals surface area contributed by atoms with Crippen LogP contribution in [0.2, 0.25) is 0 Å². The molecule has 5 heteroatoms. The number of nitrogens with one attached hydrogen (secondary N) is 1. The molecule has 0 atom stereocenters. The normalized spacial score (nSPS) is 16.6. The van der Waals surface area contributed by atoms with Gasteiger partial charge in [0.25, 0.3) is 0 Å². The summed E-state index contributed by atoms with van der Waals surface area (Å²) in [5.41, 5.74) is 6.08. The Hall–Kier alpha value is -2.71. The van der Waals surface area contributed by atoms with Crippen molar-refractivity contribution in [3.8, 4) is 23.5 Å². The highest BCUT2D eigenvalue weighted by molar-refractivity contribution is 5.93. The fourth-order valence-corrected chi connectivity index (χ4v) is 2.24. The van der Waals surface area contributed by atoms with Crippen molar-refractivity contribution in [1.29, 1.82) is 0 Å². The highest BCUT2D eigenvalue weighted by Gasteiger charge is 2.37. The first-order chi connectivity index (χ1) is 10.5. The Morgan fingerprint density at radius 1 is 1.32 bits per heavy atom. The van der Waals surface area contributed by atoms with Crippen LogP contribution < -0.4 is 10.4 Å². The van der Waals surface area contributed by atoms with Crippen molar-refractivity contribution in [2.45, 2.75) is 25.8 Å². The molecule has 2 aliphatic carbocycles. The van der Waals surface area contributed by atoms with Gasteiger partial charge in [0.15, 0.2) is 0 Å². The minimum atomic E-state index is -0.271. The Morgan fingerprint density at radius 2 is 2.05 bits per heavy atom. The SMILES string of the molecule is C#Cc1ccnc(N2NC(C)(C)CC2=O)n1.c1cc2cc-2c1. The number of amides is 1. The van der Waals surface area contributed by atoms with E-state index >= 15 is 0 Å². The van der Waals surface area contributed by atoms with Crippen LogP contribution in [0.5, 0.6) is 0 Å². The second-order valence-corrected chi connectivity index (χ2v) is 5.87. The quantitative estimate of drug-likeness (QED) is 0.698. The van der Waals surface area contributed by atoms with E-state index in [1.54, 1.807) is 6.07 Å². The number of carbonyl (C=O) groups is 1. The van der Waals surface area contributed by atoms with Crippen LogP contribution >= 0.6 is 0 Å². The summed E-state index contributed by atoms with van der Waals surface area (Å²) in [5.74, 6) is 2.65. The Kier molecular flexibility index (Phi) is 3.39. The first-order valence-corrected chi connectivity index (χ1v) is 6.99. The van der Waals surface area contributed by atoms with Gasteiger partial charge in [0, 0.05) is 18.2 Å². The molecule has 1 aliphatic heterocycles. The van der Waals surface area contributed by atoms with Gasteiger partial charge in [-0.05, 0) is 37.1 Å². The molecule has 1 amide bonds. The summed E-state index contributed by atoms with van der Waals surface area (Å²) in [7, 11) is 0. The molecule has 0 saturated carbocycles. The Labute approximate surface area is 129 Å². The van der Waals surface area contributed by atoms with Gasteiger partial charge in [-0.15, -0.1) is 6.42 Å². The van der Waals surface area contributed by atoms with Gasteiger partial charge >= 0.3 is 0 Å². The van der Waals surface area contributed by atoms with Crippen LogP contribution in [-0.4, -0.2) is 21.4 Å².